The fraction of sp³-hybridized carbons (Fsp3) is 0.200. The number of hydrogen-bond acceptors (Lipinski definition) is 3. The van der Waals surface area contributed by atoms with Crippen molar-refractivity contribution in [1.82, 2.24) is 0 Å². The van der Waals surface area contributed by atoms with Crippen LogP contribution in [-0.2, 0) is 6.42 Å². The minimum Gasteiger partial charge on any atom is -0.455 e. The van der Waals surface area contributed by atoms with E-state index in [1.165, 1.54) is 0 Å². The number of para-hydroxylation sites is 1. The summed E-state index contributed by atoms with van der Waals surface area (Å²) in [7, 11) is 0. The molecule has 0 bridgehead atoms. The van der Waals surface area contributed by atoms with Crippen LogP contribution in [0.4, 0.5) is 5.69 Å². The van der Waals surface area contributed by atoms with Crippen LogP contribution >= 0.6 is 0 Å². The van der Waals surface area contributed by atoms with Crippen molar-refractivity contribution in [2.24, 2.45) is 0 Å². The van der Waals surface area contributed by atoms with E-state index in [0.29, 0.717) is 17.9 Å². The second kappa shape index (κ2) is 5.56. The van der Waals surface area contributed by atoms with E-state index < -0.39 is 0 Å². The van der Waals surface area contributed by atoms with E-state index in [2.05, 4.69) is 0 Å². The topological polar surface area (TPSA) is 55.5 Å². The molecule has 3 heteroatoms. The summed E-state index contributed by atoms with van der Waals surface area (Å²) in [4.78, 5) is 0. The Labute approximate surface area is 107 Å². The number of aryl methyl sites for hydroxylation is 1. The minimum absolute atomic E-state index is 0.101. The SMILES string of the molecule is Cc1ccc(N)c(Oc2ccccc2CCO)c1. The predicted molar refractivity (Wildman–Crippen MR) is 72.9 cm³/mol. The first-order valence-corrected chi connectivity index (χ1v) is 5.93. The van der Waals surface area contributed by atoms with Crippen molar-refractivity contribution in [2.75, 3.05) is 12.3 Å². The van der Waals surface area contributed by atoms with E-state index in [1.54, 1.807) is 0 Å². The normalized spacial score (nSPS) is 10.3. The molecule has 0 unspecified atom stereocenters. The van der Waals surface area contributed by atoms with Crippen LogP contribution in [0.25, 0.3) is 0 Å². The predicted octanol–water partition coefficient (Wildman–Crippen LogP) is 2.90. The lowest BCUT2D eigenvalue weighted by Gasteiger charge is -2.12. The van der Waals surface area contributed by atoms with Gasteiger partial charge in [0.25, 0.3) is 0 Å². The van der Waals surface area contributed by atoms with Crippen LogP contribution in [0, 0.1) is 6.92 Å². The molecule has 94 valence electrons. The highest BCUT2D eigenvalue weighted by Gasteiger charge is 2.06. The summed E-state index contributed by atoms with van der Waals surface area (Å²) in [5.41, 5.74) is 8.57. The van der Waals surface area contributed by atoms with Crippen LogP contribution < -0.4 is 10.5 Å². The van der Waals surface area contributed by atoms with Gasteiger partial charge in [0.15, 0.2) is 5.75 Å². The van der Waals surface area contributed by atoms with Crippen molar-refractivity contribution in [1.29, 1.82) is 0 Å². The van der Waals surface area contributed by atoms with Crippen LogP contribution in [-0.4, -0.2) is 11.7 Å². The van der Waals surface area contributed by atoms with Gasteiger partial charge in [0, 0.05) is 6.61 Å². The van der Waals surface area contributed by atoms with Gasteiger partial charge in [-0.3, -0.25) is 0 Å². The summed E-state index contributed by atoms with van der Waals surface area (Å²) < 4.78 is 5.84. The molecule has 0 saturated heterocycles. The van der Waals surface area contributed by atoms with Gasteiger partial charge in [-0.15, -0.1) is 0 Å². The monoisotopic (exact) mass is 243 g/mol. The fourth-order valence-electron chi connectivity index (χ4n) is 1.78. The average Bonchev–Trinajstić information content (AvgIpc) is 2.36. The van der Waals surface area contributed by atoms with Crippen LogP contribution in [0.15, 0.2) is 42.5 Å². The number of anilines is 1. The van der Waals surface area contributed by atoms with Gasteiger partial charge in [0.1, 0.15) is 5.75 Å². The summed E-state index contributed by atoms with van der Waals surface area (Å²) in [5.74, 6) is 1.39. The molecule has 0 aliphatic rings. The molecule has 0 aromatic heterocycles. The smallest absolute Gasteiger partial charge is 0.150 e. The van der Waals surface area contributed by atoms with Crippen molar-refractivity contribution >= 4 is 5.69 Å². The molecule has 0 saturated carbocycles. The molecule has 3 N–H and O–H groups in total. The Morgan fingerprint density at radius 2 is 1.89 bits per heavy atom. The lowest BCUT2D eigenvalue weighted by atomic mass is 10.1. The highest BCUT2D eigenvalue weighted by molar-refractivity contribution is 5.55. The van der Waals surface area contributed by atoms with Crippen molar-refractivity contribution in [2.45, 2.75) is 13.3 Å². The summed E-state index contributed by atoms with van der Waals surface area (Å²) >= 11 is 0. The van der Waals surface area contributed by atoms with Crippen LogP contribution in [0.1, 0.15) is 11.1 Å². The van der Waals surface area contributed by atoms with Gasteiger partial charge >= 0.3 is 0 Å². The Morgan fingerprint density at radius 3 is 2.67 bits per heavy atom. The molecule has 0 radical (unpaired) electrons. The highest BCUT2D eigenvalue weighted by atomic mass is 16.5. The van der Waals surface area contributed by atoms with E-state index in [-0.39, 0.29) is 6.61 Å². The highest BCUT2D eigenvalue weighted by Crippen LogP contribution is 2.30. The molecule has 2 aromatic rings. The zero-order valence-corrected chi connectivity index (χ0v) is 10.4. The maximum Gasteiger partial charge on any atom is 0.150 e. The van der Waals surface area contributed by atoms with Crippen molar-refractivity contribution < 1.29 is 9.84 Å². The van der Waals surface area contributed by atoms with Gasteiger partial charge in [0.2, 0.25) is 0 Å². The van der Waals surface area contributed by atoms with Crippen LogP contribution in [0.3, 0.4) is 0 Å². The van der Waals surface area contributed by atoms with Gasteiger partial charge in [-0.1, -0.05) is 24.3 Å². The molecular weight excluding hydrogens is 226 g/mol. The van der Waals surface area contributed by atoms with Crippen LogP contribution in [0.5, 0.6) is 11.5 Å². The number of aliphatic hydroxyl groups is 1. The third-order valence-corrected chi connectivity index (χ3v) is 2.74. The molecule has 0 heterocycles. The van der Waals surface area contributed by atoms with Crippen molar-refractivity contribution in [3.05, 3.63) is 53.6 Å². The van der Waals surface area contributed by atoms with E-state index in [0.717, 1.165) is 16.9 Å². The van der Waals surface area contributed by atoms with E-state index in [4.69, 9.17) is 15.6 Å². The van der Waals surface area contributed by atoms with E-state index in [1.807, 2.05) is 49.4 Å². The molecule has 2 rings (SSSR count). The van der Waals surface area contributed by atoms with E-state index in [9.17, 15) is 0 Å². The Kier molecular flexibility index (Phi) is 3.85. The Bertz CT molecular complexity index is 538. The average molecular weight is 243 g/mol. The number of nitrogens with two attached hydrogens (primary N) is 1. The number of hydrogen-bond donors (Lipinski definition) is 2. The maximum absolute atomic E-state index is 9.03. The summed E-state index contributed by atoms with van der Waals surface area (Å²) in [6, 6.07) is 13.3. The third kappa shape index (κ3) is 2.81. The van der Waals surface area contributed by atoms with E-state index >= 15 is 0 Å². The largest absolute Gasteiger partial charge is 0.455 e. The number of benzene rings is 2. The number of aliphatic hydroxyl groups excluding tert-OH is 1. The fourth-order valence-corrected chi connectivity index (χ4v) is 1.78. The van der Waals surface area contributed by atoms with Gasteiger partial charge in [-0.05, 0) is 42.7 Å². The maximum atomic E-state index is 9.03. The van der Waals surface area contributed by atoms with Gasteiger partial charge in [-0.25, -0.2) is 0 Å². The quantitative estimate of drug-likeness (QED) is 0.812. The molecule has 0 aliphatic carbocycles. The van der Waals surface area contributed by atoms with Crippen molar-refractivity contribution in [3.63, 3.8) is 0 Å². The number of ether oxygens (including phenoxy) is 1. The molecule has 0 aliphatic heterocycles. The van der Waals surface area contributed by atoms with Gasteiger partial charge < -0.3 is 15.6 Å². The second-order valence-electron chi connectivity index (χ2n) is 4.22. The molecule has 18 heavy (non-hydrogen) atoms. The first kappa shape index (κ1) is 12.5. The molecule has 0 atom stereocenters. The van der Waals surface area contributed by atoms with Gasteiger partial charge in [-0.2, -0.15) is 0 Å². The number of rotatable bonds is 4. The first-order chi connectivity index (χ1) is 8.70. The summed E-state index contributed by atoms with van der Waals surface area (Å²) in [6.45, 7) is 2.09. The summed E-state index contributed by atoms with van der Waals surface area (Å²) in [5, 5.41) is 9.03. The second-order valence-corrected chi connectivity index (χ2v) is 4.22. The molecule has 0 amide bonds. The minimum atomic E-state index is 0.101. The van der Waals surface area contributed by atoms with Crippen LogP contribution in [0.2, 0.25) is 0 Å². The Balaban J connectivity index is 2.30. The zero-order chi connectivity index (χ0) is 13.0. The van der Waals surface area contributed by atoms with Crippen molar-refractivity contribution in [3.8, 4) is 11.5 Å². The Morgan fingerprint density at radius 1 is 1.11 bits per heavy atom. The first-order valence-electron chi connectivity index (χ1n) is 5.93. The lowest BCUT2D eigenvalue weighted by Crippen LogP contribution is -1.97. The molecule has 3 nitrogen and oxygen atoms in total. The third-order valence-electron chi connectivity index (χ3n) is 2.74. The standard InChI is InChI=1S/C15H17NO2/c1-11-6-7-13(16)15(10-11)18-14-5-3-2-4-12(14)8-9-17/h2-7,10,17H,8-9,16H2,1H3. The molecular formula is C15H17NO2. The Hall–Kier alpha value is -2.00. The summed E-state index contributed by atoms with van der Waals surface area (Å²) in [6.07, 6.45) is 0.571. The number of nitrogen functional groups attached to an aromatic ring is 1. The molecule has 2 aromatic carbocycles. The van der Waals surface area contributed by atoms with Gasteiger partial charge in [0.05, 0.1) is 5.69 Å². The lowest BCUT2D eigenvalue weighted by molar-refractivity contribution is 0.298. The molecule has 0 spiro atoms. The zero-order valence-electron chi connectivity index (χ0n) is 10.4. The molecule has 0 fully saturated rings.